The van der Waals surface area contributed by atoms with Crippen LogP contribution in [0, 0.1) is 17.1 Å². The Hall–Kier alpha value is -4.27. The van der Waals surface area contributed by atoms with E-state index in [1.165, 1.54) is 12.1 Å². The van der Waals surface area contributed by atoms with Crippen molar-refractivity contribution >= 4 is 22.0 Å². The highest BCUT2D eigenvalue weighted by Gasteiger charge is 2.38. The van der Waals surface area contributed by atoms with Gasteiger partial charge >= 0.3 is 12.0 Å². The van der Waals surface area contributed by atoms with Crippen molar-refractivity contribution in [3.63, 3.8) is 0 Å². The molecule has 1 aliphatic rings. The van der Waals surface area contributed by atoms with Gasteiger partial charge in [0.1, 0.15) is 11.9 Å². The lowest BCUT2D eigenvalue weighted by molar-refractivity contribution is -0.139. The van der Waals surface area contributed by atoms with Crippen molar-refractivity contribution in [2.45, 2.75) is 23.8 Å². The molecule has 2 N–H and O–H groups in total. The van der Waals surface area contributed by atoms with Gasteiger partial charge in [-0.25, -0.2) is 27.4 Å². The van der Waals surface area contributed by atoms with Crippen LogP contribution in [0.1, 0.15) is 17.5 Å². The first-order valence-electron chi connectivity index (χ1n) is 11.4. The van der Waals surface area contributed by atoms with Gasteiger partial charge in [0.25, 0.3) is 10.0 Å². The van der Waals surface area contributed by atoms with Crippen molar-refractivity contribution in [1.82, 2.24) is 14.7 Å². The topological polar surface area (TPSA) is 131 Å². The van der Waals surface area contributed by atoms with Gasteiger partial charge in [-0.1, -0.05) is 48.5 Å². The number of carboxylic acids is 1. The molecule has 0 bridgehead atoms. The van der Waals surface area contributed by atoms with Crippen LogP contribution >= 0.6 is 0 Å². The first kappa shape index (κ1) is 25.8. The van der Waals surface area contributed by atoms with Crippen molar-refractivity contribution in [2.75, 3.05) is 13.1 Å². The van der Waals surface area contributed by atoms with E-state index in [-0.39, 0.29) is 24.4 Å². The molecule has 0 spiro atoms. The molecule has 11 heteroatoms. The Morgan fingerprint density at radius 1 is 1.05 bits per heavy atom. The van der Waals surface area contributed by atoms with Crippen molar-refractivity contribution < 1.29 is 27.5 Å². The lowest BCUT2D eigenvalue weighted by Crippen LogP contribution is -2.53. The summed E-state index contributed by atoms with van der Waals surface area (Å²) < 4.78 is 40.5. The monoisotopic (exact) mass is 522 g/mol. The van der Waals surface area contributed by atoms with E-state index in [9.17, 15) is 32.8 Å². The number of carboxylic acid groups (broad SMARTS) is 1. The van der Waals surface area contributed by atoms with E-state index in [2.05, 4.69) is 11.4 Å². The SMILES string of the molecule is N#Cc1ccccc1-c1ccc(C[C@H](NC(=O)N2CCCN2S(=O)(=O)c2cccc(F)c2)C(=O)O)cc1. The first-order chi connectivity index (χ1) is 17.7. The summed E-state index contributed by atoms with van der Waals surface area (Å²) in [5.41, 5.74) is 2.66. The second-order valence-electron chi connectivity index (χ2n) is 8.38. The number of urea groups is 1. The molecule has 0 aliphatic carbocycles. The molecular formula is C26H23FN4O5S. The van der Waals surface area contributed by atoms with Crippen molar-refractivity contribution in [1.29, 1.82) is 5.26 Å². The number of nitrogens with zero attached hydrogens (tertiary/aromatic N) is 3. The van der Waals surface area contributed by atoms with Gasteiger partial charge < -0.3 is 10.4 Å². The van der Waals surface area contributed by atoms with Crippen molar-refractivity contribution in [3.8, 4) is 17.2 Å². The second-order valence-corrected chi connectivity index (χ2v) is 10.2. The Balaban J connectivity index is 1.48. The Kier molecular flexibility index (Phi) is 7.52. The van der Waals surface area contributed by atoms with E-state index in [1.807, 2.05) is 12.1 Å². The van der Waals surface area contributed by atoms with E-state index in [0.717, 1.165) is 32.7 Å². The van der Waals surface area contributed by atoms with Crippen LogP contribution < -0.4 is 5.32 Å². The number of benzene rings is 3. The molecule has 1 aliphatic heterocycles. The molecule has 0 saturated carbocycles. The standard InChI is InChI=1S/C26H23FN4O5S/c27-21-6-3-7-22(16-21)37(35,36)31-14-4-13-30(31)26(34)29-24(25(32)33)15-18-9-11-19(12-10-18)23-8-2-1-5-20(23)17-28/h1-3,5-12,16,24H,4,13-15H2,(H,29,34)(H,32,33)/t24-/m0/s1. The summed E-state index contributed by atoms with van der Waals surface area (Å²) >= 11 is 0. The summed E-state index contributed by atoms with van der Waals surface area (Å²) in [6.45, 7) is 0.0509. The first-order valence-corrected chi connectivity index (χ1v) is 12.8. The van der Waals surface area contributed by atoms with Gasteiger partial charge in [0.2, 0.25) is 0 Å². The van der Waals surface area contributed by atoms with Gasteiger partial charge in [-0.2, -0.15) is 5.26 Å². The third kappa shape index (κ3) is 5.61. The predicted molar refractivity (Wildman–Crippen MR) is 132 cm³/mol. The zero-order chi connectivity index (χ0) is 26.6. The molecule has 1 fully saturated rings. The maximum absolute atomic E-state index is 13.6. The molecule has 0 unspecified atom stereocenters. The predicted octanol–water partition coefficient (Wildman–Crippen LogP) is 3.38. The van der Waals surface area contributed by atoms with Crippen LogP contribution in [-0.2, 0) is 21.2 Å². The molecule has 190 valence electrons. The molecule has 3 aromatic carbocycles. The Morgan fingerprint density at radius 2 is 1.78 bits per heavy atom. The normalized spacial score (nSPS) is 14.6. The fourth-order valence-electron chi connectivity index (χ4n) is 4.10. The maximum Gasteiger partial charge on any atom is 0.333 e. The number of aliphatic carboxylic acids is 1. The second kappa shape index (κ2) is 10.8. The Labute approximate surface area is 213 Å². The molecule has 0 aromatic heterocycles. The number of carbonyl (C=O) groups excluding carboxylic acids is 1. The summed E-state index contributed by atoms with van der Waals surface area (Å²) in [6.07, 6.45) is 0.289. The van der Waals surface area contributed by atoms with Crippen LogP contribution in [0.2, 0.25) is 0 Å². The van der Waals surface area contributed by atoms with Gasteiger partial charge in [-0.3, -0.25) is 0 Å². The van der Waals surface area contributed by atoms with E-state index in [4.69, 9.17) is 0 Å². The highest BCUT2D eigenvalue weighted by molar-refractivity contribution is 7.89. The van der Waals surface area contributed by atoms with E-state index < -0.39 is 33.9 Å². The minimum absolute atomic E-state index is 0.00433. The average molecular weight is 523 g/mol. The van der Waals surface area contributed by atoms with Crippen LogP contribution in [0.4, 0.5) is 9.18 Å². The average Bonchev–Trinajstić information content (AvgIpc) is 3.40. The third-order valence-electron chi connectivity index (χ3n) is 5.94. The summed E-state index contributed by atoms with van der Waals surface area (Å²) in [7, 11) is -4.22. The van der Waals surface area contributed by atoms with Crippen molar-refractivity contribution in [3.05, 3.63) is 89.7 Å². The Morgan fingerprint density at radius 3 is 2.46 bits per heavy atom. The molecule has 0 radical (unpaired) electrons. The van der Waals surface area contributed by atoms with E-state index in [1.54, 1.807) is 36.4 Å². The molecule has 1 heterocycles. The summed E-state index contributed by atoms with van der Waals surface area (Å²) in [6, 6.07) is 18.4. The number of hydrogen-bond donors (Lipinski definition) is 2. The largest absolute Gasteiger partial charge is 0.480 e. The minimum atomic E-state index is -4.22. The van der Waals surface area contributed by atoms with Gasteiger partial charge in [-0.15, -0.1) is 4.41 Å². The third-order valence-corrected chi connectivity index (χ3v) is 7.73. The molecule has 9 nitrogen and oxygen atoms in total. The number of rotatable bonds is 7. The molecule has 2 amide bonds. The number of sulfonamides is 1. The number of nitrogens with one attached hydrogen (secondary N) is 1. The number of halogens is 1. The van der Waals surface area contributed by atoms with Gasteiger partial charge in [0.15, 0.2) is 0 Å². The molecule has 3 aromatic rings. The molecule has 4 rings (SSSR count). The zero-order valence-electron chi connectivity index (χ0n) is 19.5. The van der Waals surface area contributed by atoms with Gasteiger partial charge in [-0.05, 0) is 47.4 Å². The summed E-state index contributed by atoms with van der Waals surface area (Å²) in [5, 5.41) is 22.4. The quantitative estimate of drug-likeness (QED) is 0.489. The highest BCUT2D eigenvalue weighted by Crippen LogP contribution is 2.25. The lowest BCUT2D eigenvalue weighted by Gasteiger charge is -2.28. The van der Waals surface area contributed by atoms with Crippen LogP contribution in [0.5, 0.6) is 0 Å². The number of hydrazine groups is 1. The lowest BCUT2D eigenvalue weighted by atomic mass is 9.97. The summed E-state index contributed by atoms with van der Waals surface area (Å²) in [5.74, 6) is -2.02. The number of amides is 2. The highest BCUT2D eigenvalue weighted by atomic mass is 32.2. The van der Waals surface area contributed by atoms with Gasteiger partial charge in [0, 0.05) is 19.5 Å². The van der Waals surface area contributed by atoms with Crippen LogP contribution in [-0.4, -0.2) is 54.1 Å². The number of hydrogen-bond acceptors (Lipinski definition) is 5. The Bertz CT molecular complexity index is 1470. The van der Waals surface area contributed by atoms with Crippen LogP contribution in [0.25, 0.3) is 11.1 Å². The van der Waals surface area contributed by atoms with Crippen LogP contribution in [0.3, 0.4) is 0 Å². The fourth-order valence-corrected chi connectivity index (χ4v) is 5.64. The smallest absolute Gasteiger partial charge is 0.333 e. The van der Waals surface area contributed by atoms with E-state index in [0.29, 0.717) is 17.5 Å². The molecule has 1 saturated heterocycles. The number of nitriles is 1. The van der Waals surface area contributed by atoms with Gasteiger partial charge in [0.05, 0.1) is 16.5 Å². The fraction of sp³-hybridized carbons (Fsp3) is 0.192. The van der Waals surface area contributed by atoms with E-state index >= 15 is 0 Å². The van der Waals surface area contributed by atoms with Crippen LogP contribution in [0.15, 0.2) is 77.7 Å². The van der Waals surface area contributed by atoms with Crippen molar-refractivity contribution in [2.24, 2.45) is 0 Å². The number of carbonyl (C=O) groups is 2. The molecule has 1 atom stereocenters. The molecule has 37 heavy (non-hydrogen) atoms. The molecular weight excluding hydrogens is 499 g/mol. The summed E-state index contributed by atoms with van der Waals surface area (Å²) in [4.78, 5) is 24.6. The zero-order valence-corrected chi connectivity index (χ0v) is 20.4. The maximum atomic E-state index is 13.6. The minimum Gasteiger partial charge on any atom is -0.480 e.